The third-order valence-electron chi connectivity index (χ3n) is 2.37. The fourth-order valence-corrected chi connectivity index (χ4v) is 1.34. The summed E-state index contributed by atoms with van der Waals surface area (Å²) >= 11 is 0. The molecule has 0 spiro atoms. The van der Waals surface area contributed by atoms with Crippen LogP contribution in [0.4, 0.5) is 0 Å². The van der Waals surface area contributed by atoms with Crippen molar-refractivity contribution in [1.29, 1.82) is 0 Å². The number of carboxylic acids is 1. The van der Waals surface area contributed by atoms with Gasteiger partial charge in [0.05, 0.1) is 19.2 Å². The average molecular weight is 306 g/mol. The van der Waals surface area contributed by atoms with Gasteiger partial charge in [0.1, 0.15) is 0 Å². The first-order valence-electron chi connectivity index (χ1n) is 6.19. The first kappa shape index (κ1) is 19.8. The van der Waals surface area contributed by atoms with Gasteiger partial charge in [0, 0.05) is 0 Å². The number of rotatable bonds is 7. The maximum absolute atomic E-state index is 11.8. The number of ether oxygens (including phenoxy) is 2. The zero-order chi connectivity index (χ0) is 15.2. The number of carbonyl (C=O) groups is 3. The van der Waals surface area contributed by atoms with Gasteiger partial charge in [0.15, 0.2) is 5.70 Å². The van der Waals surface area contributed by atoms with E-state index in [9.17, 15) is 19.5 Å². The minimum absolute atomic E-state index is 0. The summed E-state index contributed by atoms with van der Waals surface area (Å²) in [4.78, 5) is 34.4. The Morgan fingerprint density at radius 2 is 1.76 bits per heavy atom. The van der Waals surface area contributed by atoms with E-state index in [2.05, 4.69) is 10.2 Å². The molecule has 1 unspecified atom stereocenters. The number of hydrogen-bond acceptors (Lipinski definition) is 8. The fourth-order valence-electron chi connectivity index (χ4n) is 1.34. The van der Waals surface area contributed by atoms with Gasteiger partial charge in [0.2, 0.25) is 5.54 Å². The molecule has 1 aliphatic rings. The molecule has 0 aliphatic carbocycles. The van der Waals surface area contributed by atoms with Crippen LogP contribution in [-0.4, -0.2) is 36.7 Å². The summed E-state index contributed by atoms with van der Waals surface area (Å²) in [6.07, 6.45) is 1.90. The molecule has 1 atom stereocenters. The number of hydrogen-bond donors (Lipinski definition) is 0. The van der Waals surface area contributed by atoms with E-state index in [4.69, 9.17) is 9.47 Å². The second-order valence-electron chi connectivity index (χ2n) is 4.06. The topological polar surface area (TPSA) is 117 Å². The SMILES string of the molecule is CCCOC(=O)C1=CC(C(=O)[O-])(C(=O)OCCC)N=N1.[Na+]. The molecule has 0 saturated carbocycles. The van der Waals surface area contributed by atoms with Gasteiger partial charge in [-0.05, 0) is 18.9 Å². The number of carboxylic acid groups (broad SMARTS) is 1. The van der Waals surface area contributed by atoms with Gasteiger partial charge in [-0.2, -0.15) is 5.11 Å². The Hall–Kier alpha value is -1.25. The quantitative estimate of drug-likeness (QED) is 0.277. The maximum Gasteiger partial charge on any atom is 1.00 e. The second-order valence-corrected chi connectivity index (χ2v) is 4.06. The van der Waals surface area contributed by atoms with Crippen LogP contribution in [0.5, 0.6) is 0 Å². The molecule has 1 rings (SSSR count). The average Bonchev–Trinajstić information content (AvgIpc) is 2.88. The fraction of sp³-hybridized carbons (Fsp3) is 0.583. The number of esters is 2. The minimum Gasteiger partial charge on any atom is -0.546 e. The molecule has 0 aromatic carbocycles. The molecule has 21 heavy (non-hydrogen) atoms. The van der Waals surface area contributed by atoms with Crippen molar-refractivity contribution in [3.05, 3.63) is 11.8 Å². The Labute approximate surface area is 143 Å². The van der Waals surface area contributed by atoms with Crippen molar-refractivity contribution in [2.24, 2.45) is 10.2 Å². The zero-order valence-corrected chi connectivity index (χ0v) is 14.2. The monoisotopic (exact) mass is 306 g/mol. The van der Waals surface area contributed by atoms with Crippen LogP contribution in [0.1, 0.15) is 26.7 Å². The smallest absolute Gasteiger partial charge is 0.546 e. The van der Waals surface area contributed by atoms with Crippen molar-refractivity contribution < 1.29 is 58.5 Å². The molecule has 0 radical (unpaired) electrons. The molecule has 1 heterocycles. The number of carbonyl (C=O) groups excluding carboxylic acids is 3. The summed E-state index contributed by atoms with van der Waals surface area (Å²) in [7, 11) is 0. The van der Waals surface area contributed by atoms with Crippen LogP contribution < -0.4 is 34.7 Å². The Bertz CT molecular complexity index is 476. The van der Waals surface area contributed by atoms with E-state index in [0.717, 1.165) is 6.08 Å². The molecule has 0 N–H and O–H groups in total. The van der Waals surface area contributed by atoms with E-state index in [1.165, 1.54) is 0 Å². The van der Waals surface area contributed by atoms with Gasteiger partial charge in [-0.1, -0.05) is 13.8 Å². The van der Waals surface area contributed by atoms with Gasteiger partial charge < -0.3 is 19.4 Å². The minimum atomic E-state index is -2.41. The normalized spacial score (nSPS) is 19.4. The van der Waals surface area contributed by atoms with Crippen molar-refractivity contribution in [3.8, 4) is 0 Å². The van der Waals surface area contributed by atoms with Crippen LogP contribution in [0.2, 0.25) is 0 Å². The van der Waals surface area contributed by atoms with Gasteiger partial charge in [-0.25, -0.2) is 9.59 Å². The van der Waals surface area contributed by atoms with Crippen LogP contribution in [0.25, 0.3) is 0 Å². The molecule has 0 bridgehead atoms. The van der Waals surface area contributed by atoms with Gasteiger partial charge in [-0.3, -0.25) is 0 Å². The Kier molecular flexibility index (Phi) is 8.38. The number of nitrogens with zero attached hydrogens (tertiary/aromatic N) is 2. The Morgan fingerprint density at radius 1 is 1.19 bits per heavy atom. The van der Waals surface area contributed by atoms with Crippen molar-refractivity contribution in [3.63, 3.8) is 0 Å². The molecule has 1 aliphatic heterocycles. The molecule has 0 fully saturated rings. The van der Waals surface area contributed by atoms with E-state index >= 15 is 0 Å². The molecule has 9 heteroatoms. The van der Waals surface area contributed by atoms with Crippen molar-refractivity contribution in [2.75, 3.05) is 13.2 Å². The molecular weight excluding hydrogens is 291 g/mol. The number of azo groups is 1. The summed E-state index contributed by atoms with van der Waals surface area (Å²) in [5.74, 6) is -3.79. The van der Waals surface area contributed by atoms with Crippen molar-refractivity contribution >= 4 is 17.9 Å². The molecule has 0 amide bonds. The van der Waals surface area contributed by atoms with Gasteiger partial charge in [-0.15, -0.1) is 5.11 Å². The molecule has 110 valence electrons. The van der Waals surface area contributed by atoms with E-state index in [0.29, 0.717) is 12.8 Å². The van der Waals surface area contributed by atoms with Crippen molar-refractivity contribution in [1.82, 2.24) is 0 Å². The molecule has 8 nitrogen and oxygen atoms in total. The Morgan fingerprint density at radius 3 is 2.29 bits per heavy atom. The Balaban J connectivity index is 0.00000400. The molecule has 0 aromatic rings. The summed E-state index contributed by atoms with van der Waals surface area (Å²) in [5, 5.41) is 17.9. The predicted octanol–water partition coefficient (Wildman–Crippen LogP) is -3.26. The van der Waals surface area contributed by atoms with Crippen LogP contribution in [0.3, 0.4) is 0 Å². The standard InChI is InChI=1S/C12H16N2O6.Na/c1-3-5-19-9(15)8-7-12(10(16)17,14-13-8)11(18)20-6-4-2;/h7H,3-6H2,1-2H3,(H,16,17);/q;+1/p-1. The first-order chi connectivity index (χ1) is 9.47. The molecule has 0 saturated heterocycles. The summed E-state index contributed by atoms with van der Waals surface area (Å²) in [6, 6.07) is 0. The summed E-state index contributed by atoms with van der Waals surface area (Å²) < 4.78 is 9.52. The van der Waals surface area contributed by atoms with Crippen LogP contribution >= 0.6 is 0 Å². The van der Waals surface area contributed by atoms with E-state index in [1.54, 1.807) is 13.8 Å². The van der Waals surface area contributed by atoms with E-state index in [-0.39, 0.29) is 48.5 Å². The van der Waals surface area contributed by atoms with Crippen LogP contribution in [-0.2, 0) is 23.9 Å². The second kappa shape index (κ2) is 8.91. The third-order valence-corrected chi connectivity index (χ3v) is 2.37. The van der Waals surface area contributed by atoms with E-state index in [1.807, 2.05) is 0 Å². The van der Waals surface area contributed by atoms with Crippen LogP contribution in [0, 0.1) is 0 Å². The molecule has 0 aromatic heterocycles. The predicted molar refractivity (Wildman–Crippen MR) is 63.2 cm³/mol. The summed E-state index contributed by atoms with van der Waals surface area (Å²) in [6.45, 7) is 3.74. The molecular formula is C12H15N2NaO6. The third kappa shape index (κ3) is 4.62. The van der Waals surface area contributed by atoms with Gasteiger partial charge in [0.25, 0.3) is 0 Å². The largest absolute Gasteiger partial charge is 1.00 e. The zero-order valence-electron chi connectivity index (χ0n) is 12.2. The van der Waals surface area contributed by atoms with Crippen molar-refractivity contribution in [2.45, 2.75) is 32.2 Å². The first-order valence-corrected chi connectivity index (χ1v) is 6.19. The van der Waals surface area contributed by atoms with Crippen LogP contribution in [0.15, 0.2) is 22.0 Å². The maximum atomic E-state index is 11.8. The summed E-state index contributed by atoms with van der Waals surface area (Å²) in [5.41, 5.74) is -2.76. The van der Waals surface area contributed by atoms with Gasteiger partial charge >= 0.3 is 41.5 Å². The number of aliphatic carboxylic acids is 1. The van der Waals surface area contributed by atoms with E-state index < -0.39 is 23.4 Å².